The quantitative estimate of drug-likeness (QED) is 0.756. The Kier molecular flexibility index (Phi) is 4.59. The number of nitrogens with one attached hydrogen (secondary N) is 2. The molecule has 3 aromatic rings. The number of aryl methyl sites for hydroxylation is 1. The van der Waals surface area contributed by atoms with Crippen LogP contribution in [0.3, 0.4) is 0 Å². The van der Waals surface area contributed by atoms with E-state index in [1.807, 2.05) is 12.1 Å². The highest BCUT2D eigenvalue weighted by molar-refractivity contribution is 5.90. The van der Waals surface area contributed by atoms with Crippen molar-refractivity contribution in [3.63, 3.8) is 0 Å². The molecule has 0 aliphatic carbocycles. The fraction of sp³-hybridized carbons (Fsp3) is 0.450. The maximum absolute atomic E-state index is 4.99. The largest absolute Gasteiger partial charge is 0.354 e. The molecule has 6 heteroatoms. The van der Waals surface area contributed by atoms with Crippen molar-refractivity contribution < 1.29 is 0 Å². The zero-order valence-electron chi connectivity index (χ0n) is 15.7. The summed E-state index contributed by atoms with van der Waals surface area (Å²) in [6.07, 6.45) is 2.96. The van der Waals surface area contributed by atoms with Crippen LogP contribution < -0.4 is 10.2 Å². The number of H-pyrrole nitrogens is 1. The van der Waals surface area contributed by atoms with Crippen molar-refractivity contribution in [1.29, 1.82) is 0 Å². The van der Waals surface area contributed by atoms with Gasteiger partial charge < -0.3 is 10.2 Å². The molecule has 1 saturated heterocycles. The van der Waals surface area contributed by atoms with Crippen molar-refractivity contribution in [2.24, 2.45) is 5.92 Å². The number of nitrogens with zero attached hydrogens (tertiary/aromatic N) is 4. The topological polar surface area (TPSA) is 69.7 Å². The number of aromatic nitrogens is 4. The van der Waals surface area contributed by atoms with Crippen LogP contribution in [0.1, 0.15) is 25.8 Å². The van der Waals surface area contributed by atoms with Gasteiger partial charge in [-0.25, -0.2) is 9.97 Å². The lowest BCUT2D eigenvalue weighted by atomic mass is 10.0. The molecule has 136 valence electrons. The summed E-state index contributed by atoms with van der Waals surface area (Å²) < 4.78 is 0. The molecule has 0 spiro atoms. The Hall–Kier alpha value is -2.47. The maximum atomic E-state index is 4.99. The van der Waals surface area contributed by atoms with Crippen molar-refractivity contribution in [3.05, 3.63) is 36.0 Å². The van der Waals surface area contributed by atoms with Crippen molar-refractivity contribution in [2.75, 3.05) is 24.5 Å². The second-order valence-electron chi connectivity index (χ2n) is 7.53. The summed E-state index contributed by atoms with van der Waals surface area (Å²) in [6, 6.07) is 8.77. The van der Waals surface area contributed by atoms with Crippen LogP contribution in [0.25, 0.3) is 22.4 Å². The van der Waals surface area contributed by atoms with Crippen LogP contribution in [0.2, 0.25) is 0 Å². The number of pyridine rings is 2. The van der Waals surface area contributed by atoms with E-state index in [0.717, 1.165) is 53.4 Å². The highest BCUT2D eigenvalue weighted by Gasteiger charge is 2.22. The van der Waals surface area contributed by atoms with E-state index in [1.54, 1.807) is 6.20 Å². The van der Waals surface area contributed by atoms with Gasteiger partial charge in [0.05, 0.1) is 5.69 Å². The summed E-state index contributed by atoms with van der Waals surface area (Å²) in [7, 11) is 0. The van der Waals surface area contributed by atoms with Crippen LogP contribution in [0, 0.1) is 12.8 Å². The van der Waals surface area contributed by atoms with Gasteiger partial charge in [0, 0.05) is 37.3 Å². The SMILES string of the molecule is Cc1ccc(N2CCN[C@@H](CC(C)C)C2)nc1-c1n[nH]c2ncccc12. The lowest BCUT2D eigenvalue weighted by Gasteiger charge is -2.35. The molecule has 0 radical (unpaired) electrons. The lowest BCUT2D eigenvalue weighted by Crippen LogP contribution is -2.51. The third-order valence-corrected chi connectivity index (χ3v) is 4.98. The summed E-state index contributed by atoms with van der Waals surface area (Å²) in [5, 5.41) is 12.1. The van der Waals surface area contributed by atoms with Crippen molar-refractivity contribution in [1.82, 2.24) is 25.5 Å². The highest BCUT2D eigenvalue weighted by atomic mass is 15.2. The molecule has 0 unspecified atom stereocenters. The molecule has 4 rings (SSSR count). The number of anilines is 1. The van der Waals surface area contributed by atoms with Gasteiger partial charge in [0.1, 0.15) is 11.5 Å². The molecule has 3 aromatic heterocycles. The standard InChI is InChI=1S/C20H26N6/c1-13(2)11-15-12-26(10-9-21-15)17-7-6-14(3)18(23-17)19-16-5-4-8-22-20(16)25-24-19/h4-8,13,15,21H,9-12H2,1-3H3,(H,22,24,25)/t15-/m0/s1. The van der Waals surface area contributed by atoms with Crippen LogP contribution >= 0.6 is 0 Å². The summed E-state index contributed by atoms with van der Waals surface area (Å²) >= 11 is 0. The molecule has 0 amide bonds. The average molecular weight is 350 g/mol. The van der Waals surface area contributed by atoms with E-state index in [2.05, 4.69) is 58.3 Å². The van der Waals surface area contributed by atoms with E-state index >= 15 is 0 Å². The molecular formula is C20H26N6. The van der Waals surface area contributed by atoms with Gasteiger partial charge in [-0.05, 0) is 43.0 Å². The number of hydrogen-bond acceptors (Lipinski definition) is 5. The van der Waals surface area contributed by atoms with E-state index in [0.29, 0.717) is 12.0 Å². The van der Waals surface area contributed by atoms with Gasteiger partial charge in [-0.3, -0.25) is 5.10 Å². The van der Waals surface area contributed by atoms with Crippen LogP contribution in [0.5, 0.6) is 0 Å². The Balaban J connectivity index is 1.66. The first-order valence-corrected chi connectivity index (χ1v) is 9.37. The Morgan fingerprint density at radius 3 is 2.96 bits per heavy atom. The van der Waals surface area contributed by atoms with Crippen LogP contribution in [0.4, 0.5) is 5.82 Å². The Morgan fingerprint density at radius 2 is 2.12 bits per heavy atom. The smallest absolute Gasteiger partial charge is 0.155 e. The molecule has 0 saturated carbocycles. The number of piperazine rings is 1. The number of aromatic amines is 1. The van der Waals surface area contributed by atoms with Crippen molar-refractivity contribution in [2.45, 2.75) is 33.2 Å². The molecule has 1 fully saturated rings. The summed E-state index contributed by atoms with van der Waals surface area (Å²) in [5.74, 6) is 1.72. The van der Waals surface area contributed by atoms with Gasteiger partial charge in [0.25, 0.3) is 0 Å². The minimum absolute atomic E-state index is 0.519. The molecule has 2 N–H and O–H groups in total. The third-order valence-electron chi connectivity index (χ3n) is 4.98. The van der Waals surface area contributed by atoms with E-state index in [9.17, 15) is 0 Å². The van der Waals surface area contributed by atoms with E-state index in [4.69, 9.17) is 4.98 Å². The highest BCUT2D eigenvalue weighted by Crippen LogP contribution is 2.28. The number of hydrogen-bond donors (Lipinski definition) is 2. The van der Waals surface area contributed by atoms with Crippen LogP contribution in [-0.4, -0.2) is 45.8 Å². The first-order chi connectivity index (χ1) is 12.6. The van der Waals surface area contributed by atoms with Crippen molar-refractivity contribution in [3.8, 4) is 11.4 Å². The normalized spacial score (nSPS) is 18.0. The van der Waals surface area contributed by atoms with Gasteiger partial charge >= 0.3 is 0 Å². The molecule has 4 heterocycles. The zero-order valence-corrected chi connectivity index (χ0v) is 15.7. The zero-order chi connectivity index (χ0) is 18.1. The third kappa shape index (κ3) is 3.29. The minimum Gasteiger partial charge on any atom is -0.354 e. The molecule has 0 aromatic carbocycles. The first-order valence-electron chi connectivity index (χ1n) is 9.37. The summed E-state index contributed by atoms with van der Waals surface area (Å²) in [5.41, 5.74) is 3.73. The Labute approximate surface area is 154 Å². The fourth-order valence-electron chi connectivity index (χ4n) is 3.73. The van der Waals surface area contributed by atoms with Gasteiger partial charge in [0.15, 0.2) is 5.65 Å². The minimum atomic E-state index is 0.519. The van der Waals surface area contributed by atoms with E-state index < -0.39 is 0 Å². The van der Waals surface area contributed by atoms with Crippen molar-refractivity contribution >= 4 is 16.9 Å². The van der Waals surface area contributed by atoms with Gasteiger partial charge in [-0.2, -0.15) is 5.10 Å². The molecule has 0 bridgehead atoms. The van der Waals surface area contributed by atoms with E-state index in [1.165, 1.54) is 6.42 Å². The predicted molar refractivity (Wildman–Crippen MR) is 105 cm³/mol. The number of rotatable bonds is 4. The first kappa shape index (κ1) is 17.0. The molecule has 1 aliphatic heterocycles. The Bertz CT molecular complexity index is 900. The lowest BCUT2D eigenvalue weighted by molar-refractivity contribution is 0.387. The fourth-order valence-corrected chi connectivity index (χ4v) is 3.73. The second-order valence-corrected chi connectivity index (χ2v) is 7.53. The molecule has 6 nitrogen and oxygen atoms in total. The monoisotopic (exact) mass is 350 g/mol. The second kappa shape index (κ2) is 7.03. The van der Waals surface area contributed by atoms with Crippen LogP contribution in [0.15, 0.2) is 30.5 Å². The molecule has 1 aliphatic rings. The average Bonchev–Trinajstić information content (AvgIpc) is 3.06. The molecular weight excluding hydrogens is 324 g/mol. The Morgan fingerprint density at radius 1 is 1.23 bits per heavy atom. The maximum Gasteiger partial charge on any atom is 0.155 e. The predicted octanol–water partition coefficient (Wildman–Crippen LogP) is 3.15. The molecule has 1 atom stereocenters. The molecule has 26 heavy (non-hydrogen) atoms. The summed E-state index contributed by atoms with van der Waals surface area (Å²) in [6.45, 7) is 9.61. The summed E-state index contributed by atoms with van der Waals surface area (Å²) in [4.78, 5) is 11.7. The van der Waals surface area contributed by atoms with E-state index in [-0.39, 0.29) is 0 Å². The number of fused-ring (bicyclic) bond motifs is 1. The van der Waals surface area contributed by atoms with Gasteiger partial charge in [-0.1, -0.05) is 19.9 Å². The van der Waals surface area contributed by atoms with Gasteiger partial charge in [0.2, 0.25) is 0 Å². The van der Waals surface area contributed by atoms with Gasteiger partial charge in [-0.15, -0.1) is 0 Å². The van der Waals surface area contributed by atoms with Crippen LogP contribution in [-0.2, 0) is 0 Å².